The van der Waals surface area contributed by atoms with Gasteiger partial charge in [-0.3, -0.25) is 9.20 Å². The highest BCUT2D eigenvalue weighted by atomic mass is 19.1. The van der Waals surface area contributed by atoms with Crippen LogP contribution in [0.3, 0.4) is 0 Å². The summed E-state index contributed by atoms with van der Waals surface area (Å²) >= 11 is 0. The zero-order chi connectivity index (χ0) is 18.1. The van der Waals surface area contributed by atoms with Crippen LogP contribution in [0.25, 0.3) is 5.78 Å². The van der Waals surface area contributed by atoms with Crippen LogP contribution < -0.4 is 5.32 Å². The van der Waals surface area contributed by atoms with E-state index in [9.17, 15) is 9.18 Å². The average Bonchev–Trinajstić information content (AvgIpc) is 3.04. The normalized spacial score (nSPS) is 17.5. The Kier molecular flexibility index (Phi) is 4.24. The maximum atomic E-state index is 13.4. The van der Waals surface area contributed by atoms with E-state index in [4.69, 9.17) is 0 Å². The van der Waals surface area contributed by atoms with Crippen LogP contribution in [0.5, 0.6) is 0 Å². The lowest BCUT2D eigenvalue weighted by Crippen LogP contribution is -2.45. The zero-order valence-electron chi connectivity index (χ0n) is 14.4. The topological polar surface area (TPSA) is 75.4 Å². The molecule has 1 aliphatic rings. The Hall–Kier alpha value is -3.03. The number of fused-ring (bicyclic) bond motifs is 1. The van der Waals surface area contributed by atoms with Crippen LogP contribution in [0.4, 0.5) is 10.1 Å². The number of hydrogen-bond acceptors (Lipinski definition) is 5. The van der Waals surface area contributed by atoms with Gasteiger partial charge < -0.3 is 10.2 Å². The lowest BCUT2D eigenvalue weighted by Gasteiger charge is -2.33. The molecule has 4 rings (SSSR count). The Bertz CT molecular complexity index is 956. The number of amides is 1. The molecule has 1 saturated heterocycles. The highest BCUT2D eigenvalue weighted by molar-refractivity contribution is 5.91. The standard InChI is InChI=1S/C18H19FN6O/c1-12-7-9-25-16(22-23-18(25)20-12)17(26)24-8-3-6-15(11-24)21-14-5-2-4-13(19)10-14/h2,4-5,7,9-10,15,21H,3,6,8,11H2,1H3. The van der Waals surface area contributed by atoms with Crippen molar-refractivity contribution in [2.24, 2.45) is 0 Å². The molecule has 3 aromatic rings. The summed E-state index contributed by atoms with van der Waals surface area (Å²) in [7, 11) is 0. The number of carbonyl (C=O) groups is 1. The van der Waals surface area contributed by atoms with Gasteiger partial charge in [0.15, 0.2) is 0 Å². The van der Waals surface area contributed by atoms with Crippen LogP contribution in [-0.2, 0) is 0 Å². The highest BCUT2D eigenvalue weighted by Crippen LogP contribution is 2.18. The van der Waals surface area contributed by atoms with Crippen LogP contribution in [0.1, 0.15) is 29.2 Å². The fourth-order valence-corrected chi connectivity index (χ4v) is 3.25. The molecule has 1 N–H and O–H groups in total. The first-order chi connectivity index (χ1) is 12.6. The molecule has 7 nitrogen and oxygen atoms in total. The molecular formula is C18H19FN6O. The van der Waals surface area contributed by atoms with Crippen LogP contribution in [0, 0.1) is 12.7 Å². The van der Waals surface area contributed by atoms with Gasteiger partial charge in [0, 0.05) is 36.7 Å². The Balaban J connectivity index is 1.50. The van der Waals surface area contributed by atoms with Gasteiger partial charge in [-0.25, -0.2) is 9.37 Å². The first kappa shape index (κ1) is 16.4. The predicted octanol–water partition coefficient (Wildman–Crippen LogP) is 2.29. The van der Waals surface area contributed by atoms with E-state index in [1.807, 2.05) is 19.1 Å². The van der Waals surface area contributed by atoms with Gasteiger partial charge in [0.1, 0.15) is 5.82 Å². The van der Waals surface area contributed by atoms with Gasteiger partial charge in [-0.05, 0) is 44.0 Å². The van der Waals surface area contributed by atoms with Gasteiger partial charge in [-0.1, -0.05) is 6.07 Å². The Morgan fingerprint density at radius 2 is 2.19 bits per heavy atom. The van der Waals surface area contributed by atoms with Gasteiger partial charge in [0.05, 0.1) is 0 Å². The third kappa shape index (κ3) is 3.22. The third-order valence-corrected chi connectivity index (χ3v) is 4.51. The molecule has 26 heavy (non-hydrogen) atoms. The van der Waals surface area contributed by atoms with Crippen molar-refractivity contribution in [3.63, 3.8) is 0 Å². The molecule has 3 heterocycles. The van der Waals surface area contributed by atoms with Crippen molar-refractivity contribution in [1.29, 1.82) is 0 Å². The number of rotatable bonds is 3. The summed E-state index contributed by atoms with van der Waals surface area (Å²) in [6, 6.07) is 8.24. The van der Waals surface area contributed by atoms with Gasteiger partial charge in [-0.2, -0.15) is 0 Å². The van der Waals surface area contributed by atoms with Crippen molar-refractivity contribution in [3.05, 3.63) is 53.9 Å². The van der Waals surface area contributed by atoms with Crippen LogP contribution >= 0.6 is 0 Å². The van der Waals surface area contributed by atoms with Gasteiger partial charge in [0.25, 0.3) is 11.7 Å². The van der Waals surface area contributed by atoms with Gasteiger partial charge >= 0.3 is 0 Å². The highest BCUT2D eigenvalue weighted by Gasteiger charge is 2.27. The number of nitrogens with one attached hydrogen (secondary N) is 1. The quantitative estimate of drug-likeness (QED) is 0.781. The average molecular weight is 354 g/mol. The molecule has 0 bridgehead atoms. The molecule has 1 fully saturated rings. The van der Waals surface area contributed by atoms with Crippen molar-refractivity contribution in [2.45, 2.75) is 25.8 Å². The molecule has 1 amide bonds. The number of hydrogen-bond donors (Lipinski definition) is 1. The van der Waals surface area contributed by atoms with Crippen molar-refractivity contribution in [3.8, 4) is 0 Å². The number of aryl methyl sites for hydroxylation is 1. The van der Waals surface area contributed by atoms with Crippen molar-refractivity contribution in [1.82, 2.24) is 24.5 Å². The molecule has 1 aliphatic heterocycles. The Morgan fingerprint density at radius 1 is 1.31 bits per heavy atom. The second-order valence-electron chi connectivity index (χ2n) is 6.51. The molecule has 1 unspecified atom stereocenters. The monoisotopic (exact) mass is 354 g/mol. The van der Waals surface area contributed by atoms with E-state index in [0.717, 1.165) is 24.2 Å². The second kappa shape index (κ2) is 6.70. The summed E-state index contributed by atoms with van der Waals surface area (Å²) in [5, 5.41) is 11.3. The van der Waals surface area contributed by atoms with Crippen molar-refractivity contribution >= 4 is 17.4 Å². The first-order valence-corrected chi connectivity index (χ1v) is 8.60. The molecule has 0 aliphatic carbocycles. The fourth-order valence-electron chi connectivity index (χ4n) is 3.25. The van der Waals surface area contributed by atoms with Crippen LogP contribution in [0.15, 0.2) is 36.5 Å². The number of carbonyl (C=O) groups excluding carboxylic acids is 1. The number of benzene rings is 1. The molecule has 0 saturated carbocycles. The summed E-state index contributed by atoms with van der Waals surface area (Å²) in [5.74, 6) is 0.226. The minimum absolute atomic E-state index is 0.0639. The lowest BCUT2D eigenvalue weighted by molar-refractivity contribution is 0.0701. The predicted molar refractivity (Wildman–Crippen MR) is 94.5 cm³/mol. The minimum Gasteiger partial charge on any atom is -0.380 e. The molecule has 1 aromatic carbocycles. The largest absolute Gasteiger partial charge is 0.380 e. The summed E-state index contributed by atoms with van der Waals surface area (Å²) in [5.41, 5.74) is 1.54. The van der Waals surface area contributed by atoms with E-state index >= 15 is 0 Å². The van der Waals surface area contributed by atoms with Crippen LogP contribution in [0.2, 0.25) is 0 Å². The molecule has 1 atom stereocenters. The molecule has 2 aromatic heterocycles. The fraction of sp³-hybridized carbons (Fsp3) is 0.333. The SMILES string of the molecule is Cc1ccn2c(C(=O)N3CCCC(Nc4cccc(F)c4)C3)nnc2n1. The van der Waals surface area contributed by atoms with Gasteiger partial charge in [0.2, 0.25) is 5.82 Å². The Morgan fingerprint density at radius 3 is 3.04 bits per heavy atom. The van der Waals surface area contributed by atoms with E-state index in [1.54, 1.807) is 21.6 Å². The second-order valence-corrected chi connectivity index (χ2v) is 6.51. The lowest BCUT2D eigenvalue weighted by atomic mass is 10.1. The number of anilines is 1. The third-order valence-electron chi connectivity index (χ3n) is 4.51. The summed E-state index contributed by atoms with van der Waals surface area (Å²) in [6.45, 7) is 3.06. The zero-order valence-corrected chi connectivity index (χ0v) is 14.4. The van der Waals surface area contributed by atoms with E-state index < -0.39 is 0 Å². The van der Waals surface area contributed by atoms with E-state index in [2.05, 4.69) is 20.5 Å². The number of piperidine rings is 1. The summed E-state index contributed by atoms with van der Waals surface area (Å²) < 4.78 is 15.0. The number of halogens is 1. The summed E-state index contributed by atoms with van der Waals surface area (Å²) in [4.78, 5) is 18.9. The molecular weight excluding hydrogens is 335 g/mol. The minimum atomic E-state index is -0.281. The van der Waals surface area contributed by atoms with Crippen LogP contribution in [-0.4, -0.2) is 49.5 Å². The van der Waals surface area contributed by atoms with Crippen molar-refractivity contribution < 1.29 is 9.18 Å². The summed E-state index contributed by atoms with van der Waals surface area (Å²) in [6.07, 6.45) is 3.55. The molecule has 134 valence electrons. The number of nitrogens with zero attached hydrogens (tertiary/aromatic N) is 5. The van der Waals surface area contributed by atoms with Crippen molar-refractivity contribution in [2.75, 3.05) is 18.4 Å². The maximum Gasteiger partial charge on any atom is 0.292 e. The first-order valence-electron chi connectivity index (χ1n) is 8.60. The smallest absolute Gasteiger partial charge is 0.292 e. The molecule has 0 spiro atoms. The van der Waals surface area contributed by atoms with E-state index in [-0.39, 0.29) is 23.6 Å². The number of likely N-dealkylation sites (tertiary alicyclic amines) is 1. The van der Waals surface area contributed by atoms with E-state index in [1.165, 1.54) is 12.1 Å². The van der Waals surface area contributed by atoms with Gasteiger partial charge in [-0.15, -0.1) is 10.2 Å². The van der Waals surface area contributed by atoms with E-state index in [0.29, 0.717) is 18.9 Å². The molecule has 0 radical (unpaired) electrons. The number of aromatic nitrogens is 4. The Labute approximate surface area is 149 Å². The molecule has 8 heteroatoms. The maximum absolute atomic E-state index is 13.4.